The fourth-order valence-electron chi connectivity index (χ4n) is 5.22. The molecule has 0 bridgehead atoms. The van der Waals surface area contributed by atoms with E-state index < -0.39 is 29.3 Å². The first-order valence-corrected chi connectivity index (χ1v) is 12.8. The van der Waals surface area contributed by atoms with Crippen LogP contribution in [-0.4, -0.2) is 21.2 Å². The van der Waals surface area contributed by atoms with E-state index in [4.69, 9.17) is 5.73 Å². The molecule has 0 aliphatic carbocycles. The number of rotatable bonds is 9. The molecular weight excluding hydrogens is 515 g/mol. The number of hydrogen-bond acceptors (Lipinski definition) is 3. The van der Waals surface area contributed by atoms with Gasteiger partial charge in [0.05, 0.1) is 17.8 Å². The van der Waals surface area contributed by atoms with Gasteiger partial charge in [-0.1, -0.05) is 30.3 Å². The van der Waals surface area contributed by atoms with Crippen molar-refractivity contribution in [2.45, 2.75) is 32.2 Å². The van der Waals surface area contributed by atoms with Gasteiger partial charge in [-0.2, -0.15) is 0 Å². The second kappa shape index (κ2) is 11.2. The van der Waals surface area contributed by atoms with Crippen LogP contribution in [0.2, 0.25) is 0 Å². The molecule has 0 saturated carbocycles. The molecule has 1 amide bonds. The third-order valence-electron chi connectivity index (χ3n) is 7.00. The van der Waals surface area contributed by atoms with Crippen LogP contribution >= 0.6 is 0 Å². The van der Waals surface area contributed by atoms with Crippen LogP contribution in [0.25, 0.3) is 22.0 Å². The number of para-hydroxylation sites is 1. The highest BCUT2D eigenvalue weighted by Crippen LogP contribution is 2.34. The Morgan fingerprint density at radius 3 is 2.42 bits per heavy atom. The van der Waals surface area contributed by atoms with Crippen LogP contribution < -0.4 is 5.73 Å². The van der Waals surface area contributed by atoms with Gasteiger partial charge in [0, 0.05) is 41.4 Å². The maximum Gasteiger partial charge on any atom is 0.251 e. The lowest BCUT2D eigenvalue weighted by molar-refractivity contribution is -0.120. The lowest BCUT2D eigenvalue weighted by Crippen LogP contribution is -2.17. The summed E-state index contributed by atoms with van der Waals surface area (Å²) < 4.78 is 44.3. The Morgan fingerprint density at radius 2 is 1.68 bits per heavy atom. The van der Waals surface area contributed by atoms with E-state index >= 15 is 0 Å². The molecule has 0 aliphatic heterocycles. The molecule has 8 heteroatoms. The zero-order valence-electron chi connectivity index (χ0n) is 21.7. The summed E-state index contributed by atoms with van der Waals surface area (Å²) in [6, 6.07) is 20.5. The second-order valence-corrected chi connectivity index (χ2v) is 9.85. The first-order valence-electron chi connectivity index (χ1n) is 12.8. The molecule has 2 aromatic heterocycles. The van der Waals surface area contributed by atoms with Crippen molar-refractivity contribution >= 4 is 22.6 Å². The Bertz CT molecular complexity index is 1730. The Hall–Kier alpha value is -4.72. The van der Waals surface area contributed by atoms with Crippen LogP contribution in [0, 0.1) is 24.4 Å². The quantitative estimate of drug-likeness (QED) is 0.231. The number of aryl methyl sites for hydroxylation is 1. The first kappa shape index (κ1) is 26.9. The number of nitrogens with two attached hydrogens (primary N) is 1. The average molecular weight is 542 g/mol. The van der Waals surface area contributed by atoms with Gasteiger partial charge < -0.3 is 10.3 Å². The molecule has 3 aromatic carbocycles. The highest BCUT2D eigenvalue weighted by molar-refractivity contribution is 5.94. The van der Waals surface area contributed by atoms with E-state index in [1.807, 2.05) is 41.8 Å². The standard InChI is InChI=1S/C32H26F3N3O2/c1-19-11-22-5-2-3-7-30(22)38(19)18-26(39)15-23(12-20-13-24(33)17-25(34)14-20)31-27(6-4-10-37-31)21-8-9-29(35)28(16-21)32(36)40/h2-11,13-14,16-17,23H,12,15,18H2,1H3,(H2,36,40)/t23-/m1/s1. The summed E-state index contributed by atoms with van der Waals surface area (Å²) >= 11 is 0. The fraction of sp³-hybridized carbons (Fsp3) is 0.156. The molecule has 5 nitrogen and oxygen atoms in total. The lowest BCUT2D eigenvalue weighted by Gasteiger charge is -2.20. The van der Waals surface area contributed by atoms with Crippen LogP contribution in [0.3, 0.4) is 0 Å². The van der Waals surface area contributed by atoms with Gasteiger partial charge in [-0.3, -0.25) is 14.6 Å². The van der Waals surface area contributed by atoms with Gasteiger partial charge in [-0.15, -0.1) is 0 Å². The summed E-state index contributed by atoms with van der Waals surface area (Å²) in [5, 5.41) is 1.02. The predicted molar refractivity (Wildman–Crippen MR) is 147 cm³/mol. The van der Waals surface area contributed by atoms with Gasteiger partial charge in [-0.05, 0) is 72.3 Å². The molecular formula is C32H26F3N3O2. The number of benzene rings is 3. The molecule has 2 heterocycles. The van der Waals surface area contributed by atoms with Crippen molar-refractivity contribution in [2.75, 3.05) is 0 Å². The largest absolute Gasteiger partial charge is 0.366 e. The van der Waals surface area contributed by atoms with E-state index in [9.17, 15) is 22.8 Å². The number of carbonyl (C=O) groups excluding carboxylic acids is 2. The third kappa shape index (κ3) is 5.66. The van der Waals surface area contributed by atoms with Gasteiger partial charge in [0.1, 0.15) is 17.5 Å². The van der Waals surface area contributed by atoms with Gasteiger partial charge in [-0.25, -0.2) is 13.2 Å². The zero-order valence-corrected chi connectivity index (χ0v) is 21.7. The summed E-state index contributed by atoms with van der Waals surface area (Å²) in [6.45, 7) is 2.04. The van der Waals surface area contributed by atoms with Crippen molar-refractivity contribution < 1.29 is 22.8 Å². The van der Waals surface area contributed by atoms with Gasteiger partial charge in [0.25, 0.3) is 5.91 Å². The molecule has 0 spiro atoms. The van der Waals surface area contributed by atoms with E-state index in [1.54, 1.807) is 18.3 Å². The van der Waals surface area contributed by atoms with Gasteiger partial charge in [0.15, 0.2) is 5.78 Å². The number of aromatic nitrogens is 2. The van der Waals surface area contributed by atoms with Crippen molar-refractivity contribution in [2.24, 2.45) is 5.73 Å². The number of halogens is 3. The number of Topliss-reactive ketones (excluding diaryl/α,β-unsaturated/α-hetero) is 1. The highest BCUT2D eigenvalue weighted by Gasteiger charge is 2.24. The van der Waals surface area contributed by atoms with Crippen LogP contribution in [0.1, 0.15) is 39.6 Å². The molecule has 0 unspecified atom stereocenters. The summed E-state index contributed by atoms with van der Waals surface area (Å²) in [4.78, 5) is 29.9. The molecule has 5 aromatic rings. The van der Waals surface area contributed by atoms with Gasteiger partial charge >= 0.3 is 0 Å². The lowest BCUT2D eigenvalue weighted by atomic mass is 9.86. The zero-order chi connectivity index (χ0) is 28.4. The molecule has 40 heavy (non-hydrogen) atoms. The van der Waals surface area contributed by atoms with E-state index in [1.165, 1.54) is 24.3 Å². The molecule has 202 valence electrons. The van der Waals surface area contributed by atoms with Gasteiger partial charge in [0.2, 0.25) is 0 Å². The van der Waals surface area contributed by atoms with Crippen LogP contribution in [0.4, 0.5) is 13.2 Å². The SMILES string of the molecule is Cc1cc2ccccc2n1CC(=O)C[C@@H](Cc1cc(F)cc(F)c1)c1ncccc1-c1ccc(F)c(C(N)=O)c1. The van der Waals surface area contributed by atoms with E-state index in [0.29, 0.717) is 22.4 Å². The third-order valence-corrected chi connectivity index (χ3v) is 7.00. The Kier molecular flexibility index (Phi) is 7.51. The summed E-state index contributed by atoms with van der Waals surface area (Å²) in [7, 11) is 0. The molecule has 1 atom stereocenters. The van der Waals surface area contributed by atoms with Crippen molar-refractivity contribution in [3.05, 3.63) is 125 Å². The van der Waals surface area contributed by atoms with Crippen LogP contribution in [-0.2, 0) is 17.8 Å². The summed E-state index contributed by atoms with van der Waals surface area (Å²) in [6.07, 6.45) is 1.71. The van der Waals surface area contributed by atoms with Crippen molar-refractivity contribution in [3.8, 4) is 11.1 Å². The Labute approximate surface area is 229 Å². The monoisotopic (exact) mass is 541 g/mol. The normalized spacial score (nSPS) is 12.0. The Morgan fingerprint density at radius 1 is 0.925 bits per heavy atom. The number of carbonyl (C=O) groups is 2. The number of primary amides is 1. The van der Waals surface area contributed by atoms with Crippen LogP contribution in [0.5, 0.6) is 0 Å². The molecule has 5 rings (SSSR count). The summed E-state index contributed by atoms with van der Waals surface area (Å²) in [5.74, 6) is -3.78. The summed E-state index contributed by atoms with van der Waals surface area (Å²) in [5.41, 5.74) is 8.84. The first-order chi connectivity index (χ1) is 19.2. The van der Waals surface area contributed by atoms with E-state index in [-0.39, 0.29) is 30.7 Å². The minimum atomic E-state index is -0.916. The maximum absolute atomic E-state index is 14.2. The van der Waals surface area contributed by atoms with E-state index in [0.717, 1.165) is 28.7 Å². The molecule has 0 aliphatic rings. The van der Waals surface area contributed by atoms with Crippen molar-refractivity contribution in [3.63, 3.8) is 0 Å². The van der Waals surface area contributed by atoms with Crippen molar-refractivity contribution in [1.82, 2.24) is 9.55 Å². The number of hydrogen-bond donors (Lipinski definition) is 1. The topological polar surface area (TPSA) is 78.0 Å². The van der Waals surface area contributed by atoms with Crippen molar-refractivity contribution in [1.29, 1.82) is 0 Å². The van der Waals surface area contributed by atoms with E-state index in [2.05, 4.69) is 4.98 Å². The molecule has 0 fully saturated rings. The minimum Gasteiger partial charge on any atom is -0.366 e. The molecule has 0 saturated heterocycles. The van der Waals surface area contributed by atoms with Crippen LogP contribution in [0.15, 0.2) is 85.1 Å². The average Bonchev–Trinajstić information content (AvgIpc) is 3.22. The Balaban J connectivity index is 1.54. The maximum atomic E-state index is 14.2. The number of amides is 1. The highest BCUT2D eigenvalue weighted by atomic mass is 19.1. The smallest absolute Gasteiger partial charge is 0.251 e. The number of pyridine rings is 1. The number of ketones is 1. The molecule has 0 radical (unpaired) electrons. The predicted octanol–water partition coefficient (Wildman–Crippen LogP) is 6.51. The fourth-order valence-corrected chi connectivity index (χ4v) is 5.22. The minimum absolute atomic E-state index is 0.0258. The molecule has 2 N–H and O–H groups in total. The number of fused-ring (bicyclic) bond motifs is 1. The second-order valence-electron chi connectivity index (χ2n) is 9.85. The number of nitrogens with zero attached hydrogens (tertiary/aromatic N) is 2.